The molecule has 1 saturated heterocycles. The number of carbonyl (C=O) groups excluding carboxylic acids is 2. The molecule has 2 aliphatic rings. The van der Waals surface area contributed by atoms with Crippen LogP contribution in [0.25, 0.3) is 0 Å². The third-order valence-electron chi connectivity index (χ3n) is 6.76. The molecule has 1 aliphatic carbocycles. The Kier molecular flexibility index (Phi) is 7.30. The van der Waals surface area contributed by atoms with Gasteiger partial charge in [-0.05, 0) is 44.1 Å². The van der Waals surface area contributed by atoms with Crippen LogP contribution < -0.4 is 5.32 Å². The minimum atomic E-state index is -0.563. The van der Waals surface area contributed by atoms with E-state index in [1.807, 2.05) is 25.2 Å². The Hall–Kier alpha value is -1.92. The Morgan fingerprint density at radius 1 is 1.14 bits per heavy atom. The Balaban J connectivity index is 1.77. The lowest BCUT2D eigenvalue weighted by Gasteiger charge is -2.35. The number of nitrogens with zero attached hydrogens (tertiary/aromatic N) is 1. The van der Waals surface area contributed by atoms with Crippen LogP contribution in [0.3, 0.4) is 0 Å². The summed E-state index contributed by atoms with van der Waals surface area (Å²) in [4.78, 5) is 26.4. The van der Waals surface area contributed by atoms with E-state index in [0.29, 0.717) is 32.6 Å². The van der Waals surface area contributed by atoms with Gasteiger partial charge < -0.3 is 20.1 Å². The van der Waals surface area contributed by atoms with E-state index in [9.17, 15) is 14.7 Å². The summed E-state index contributed by atoms with van der Waals surface area (Å²) in [5.74, 6) is 0.0577. The number of hydrogen-bond donors (Lipinski definition) is 2. The number of amides is 2. The molecule has 0 radical (unpaired) electrons. The maximum atomic E-state index is 13.0. The highest BCUT2D eigenvalue weighted by Gasteiger charge is 2.40. The summed E-state index contributed by atoms with van der Waals surface area (Å²) in [6, 6.07) is 10.0. The van der Waals surface area contributed by atoms with Gasteiger partial charge in [-0.2, -0.15) is 0 Å². The van der Waals surface area contributed by atoms with Crippen molar-refractivity contribution in [2.45, 2.75) is 63.0 Å². The molecular weight excluding hydrogens is 368 g/mol. The number of nitrogens with one attached hydrogen (secondary N) is 1. The molecule has 3 rings (SSSR count). The molecule has 1 heterocycles. The lowest BCUT2D eigenvalue weighted by molar-refractivity contribution is -0.141. The number of benzene rings is 1. The molecule has 0 spiro atoms. The van der Waals surface area contributed by atoms with Gasteiger partial charge in [0.15, 0.2) is 0 Å². The summed E-state index contributed by atoms with van der Waals surface area (Å²) >= 11 is 0. The summed E-state index contributed by atoms with van der Waals surface area (Å²) in [6.45, 7) is 3.34. The Labute approximate surface area is 173 Å². The van der Waals surface area contributed by atoms with E-state index < -0.39 is 6.10 Å². The third-order valence-corrected chi connectivity index (χ3v) is 6.76. The van der Waals surface area contributed by atoms with Gasteiger partial charge in [-0.25, -0.2) is 0 Å². The summed E-state index contributed by atoms with van der Waals surface area (Å²) < 4.78 is 5.38. The molecule has 1 aliphatic heterocycles. The average molecular weight is 403 g/mol. The van der Waals surface area contributed by atoms with Gasteiger partial charge in [0.05, 0.1) is 12.1 Å². The van der Waals surface area contributed by atoms with Gasteiger partial charge >= 0.3 is 0 Å². The van der Waals surface area contributed by atoms with Crippen molar-refractivity contribution < 1.29 is 19.4 Å². The first-order valence-electron chi connectivity index (χ1n) is 10.8. The quantitative estimate of drug-likeness (QED) is 0.741. The highest BCUT2D eigenvalue weighted by atomic mass is 16.5. The first-order chi connectivity index (χ1) is 13.9. The van der Waals surface area contributed by atoms with Crippen LogP contribution >= 0.6 is 0 Å². The van der Waals surface area contributed by atoms with Crippen LogP contribution in [0.15, 0.2) is 30.3 Å². The van der Waals surface area contributed by atoms with Crippen molar-refractivity contribution in [2.24, 2.45) is 5.92 Å². The number of aliphatic hydroxyl groups is 1. The number of hydrogen-bond acceptors (Lipinski definition) is 4. The fourth-order valence-corrected chi connectivity index (χ4v) is 4.86. The molecule has 6 nitrogen and oxygen atoms in total. The predicted molar refractivity (Wildman–Crippen MR) is 111 cm³/mol. The molecule has 2 N–H and O–H groups in total. The van der Waals surface area contributed by atoms with Gasteiger partial charge in [0, 0.05) is 45.1 Å². The summed E-state index contributed by atoms with van der Waals surface area (Å²) in [5, 5.41) is 13.9. The molecule has 0 bridgehead atoms. The van der Waals surface area contributed by atoms with E-state index in [4.69, 9.17) is 4.74 Å². The number of aliphatic hydroxyl groups excluding tert-OH is 1. The second-order valence-corrected chi connectivity index (χ2v) is 8.60. The van der Waals surface area contributed by atoms with E-state index in [1.165, 1.54) is 12.5 Å². The summed E-state index contributed by atoms with van der Waals surface area (Å²) in [6.07, 6.45) is 3.83. The van der Waals surface area contributed by atoms with E-state index in [-0.39, 0.29) is 29.2 Å². The molecule has 3 atom stereocenters. The Morgan fingerprint density at radius 3 is 2.45 bits per heavy atom. The van der Waals surface area contributed by atoms with Crippen molar-refractivity contribution in [2.75, 3.05) is 26.8 Å². The van der Waals surface area contributed by atoms with Gasteiger partial charge in [0.1, 0.15) is 0 Å². The first kappa shape index (κ1) is 21.8. The van der Waals surface area contributed by atoms with Crippen LogP contribution in [0.2, 0.25) is 0 Å². The van der Waals surface area contributed by atoms with E-state index >= 15 is 0 Å². The smallest absolute Gasteiger partial charge is 0.225 e. The molecule has 2 amide bonds. The summed E-state index contributed by atoms with van der Waals surface area (Å²) in [5.41, 5.74) is 0.950. The van der Waals surface area contributed by atoms with Crippen molar-refractivity contribution in [3.63, 3.8) is 0 Å². The fraction of sp³-hybridized carbons (Fsp3) is 0.652. The molecule has 2 fully saturated rings. The van der Waals surface area contributed by atoms with Gasteiger partial charge in [0.25, 0.3) is 0 Å². The molecule has 29 heavy (non-hydrogen) atoms. The number of ether oxygens (including phenoxy) is 1. The first-order valence-corrected chi connectivity index (χ1v) is 10.8. The van der Waals surface area contributed by atoms with Gasteiger partial charge in [-0.15, -0.1) is 0 Å². The molecule has 0 aromatic heterocycles. The normalized spacial score (nSPS) is 28.4. The standard InChI is InChI=1S/C23H34N2O4/c1-17(26)24-16-23(19-6-4-3-5-7-19)12-8-20(21(27)9-13-23)25(2)22(28)18-10-14-29-15-11-18/h3-7,18,20-21,27H,8-16H2,1-2H3,(H,24,26)/t20-,21-,23-/m1/s1. The second-order valence-electron chi connectivity index (χ2n) is 8.60. The predicted octanol–water partition coefficient (Wildman–Crippen LogP) is 2.25. The molecule has 6 heteroatoms. The Morgan fingerprint density at radius 2 is 1.79 bits per heavy atom. The van der Waals surface area contributed by atoms with Crippen molar-refractivity contribution in [3.05, 3.63) is 35.9 Å². The summed E-state index contributed by atoms with van der Waals surface area (Å²) in [7, 11) is 1.83. The number of carbonyl (C=O) groups is 2. The maximum Gasteiger partial charge on any atom is 0.225 e. The van der Waals surface area contributed by atoms with Crippen molar-refractivity contribution in [3.8, 4) is 0 Å². The van der Waals surface area contributed by atoms with Crippen LogP contribution in [-0.2, 0) is 19.7 Å². The molecule has 1 aromatic carbocycles. The van der Waals surface area contributed by atoms with Crippen molar-refractivity contribution >= 4 is 11.8 Å². The minimum absolute atomic E-state index is 0.0116. The molecule has 1 aromatic rings. The van der Waals surface area contributed by atoms with Crippen LogP contribution in [-0.4, -0.2) is 60.8 Å². The molecule has 0 unspecified atom stereocenters. The molecular formula is C23H34N2O4. The van der Waals surface area contributed by atoms with E-state index in [2.05, 4.69) is 17.4 Å². The SMILES string of the molecule is CC(=O)NC[C@]1(c2ccccc2)CC[C@@H](O)[C@H](N(C)C(=O)C2CCOCC2)CC1. The number of likely N-dealkylation sites (N-methyl/N-ethyl adjacent to an activating group) is 1. The lowest BCUT2D eigenvalue weighted by Crippen LogP contribution is -2.47. The van der Waals surface area contributed by atoms with Crippen molar-refractivity contribution in [1.82, 2.24) is 10.2 Å². The highest BCUT2D eigenvalue weighted by Crippen LogP contribution is 2.39. The highest BCUT2D eigenvalue weighted by molar-refractivity contribution is 5.79. The Bertz CT molecular complexity index is 689. The topological polar surface area (TPSA) is 78.9 Å². The van der Waals surface area contributed by atoms with Crippen LogP contribution in [0.4, 0.5) is 0 Å². The van der Waals surface area contributed by atoms with Crippen LogP contribution in [0.5, 0.6) is 0 Å². The zero-order chi connectivity index (χ0) is 20.9. The largest absolute Gasteiger partial charge is 0.391 e. The zero-order valence-corrected chi connectivity index (χ0v) is 17.6. The van der Waals surface area contributed by atoms with Crippen LogP contribution in [0.1, 0.15) is 51.0 Å². The number of rotatable bonds is 5. The van der Waals surface area contributed by atoms with E-state index in [0.717, 1.165) is 25.7 Å². The average Bonchev–Trinajstić information content (AvgIpc) is 2.92. The van der Waals surface area contributed by atoms with Gasteiger partial charge in [-0.3, -0.25) is 9.59 Å². The van der Waals surface area contributed by atoms with E-state index in [1.54, 1.807) is 4.90 Å². The zero-order valence-electron chi connectivity index (χ0n) is 17.6. The monoisotopic (exact) mass is 402 g/mol. The second kappa shape index (κ2) is 9.72. The lowest BCUT2D eigenvalue weighted by atomic mass is 9.74. The van der Waals surface area contributed by atoms with Crippen LogP contribution in [0, 0.1) is 5.92 Å². The molecule has 160 valence electrons. The van der Waals surface area contributed by atoms with Gasteiger partial charge in [-0.1, -0.05) is 30.3 Å². The van der Waals surface area contributed by atoms with Gasteiger partial charge in [0.2, 0.25) is 11.8 Å². The minimum Gasteiger partial charge on any atom is -0.391 e. The molecule has 1 saturated carbocycles. The maximum absolute atomic E-state index is 13.0. The van der Waals surface area contributed by atoms with Crippen molar-refractivity contribution in [1.29, 1.82) is 0 Å². The fourth-order valence-electron chi connectivity index (χ4n) is 4.86. The third kappa shape index (κ3) is 5.17.